The van der Waals surface area contributed by atoms with E-state index in [1.54, 1.807) is 7.11 Å². The minimum atomic E-state index is 0.656. The van der Waals surface area contributed by atoms with Crippen LogP contribution in [0.25, 0.3) is 0 Å². The van der Waals surface area contributed by atoms with Crippen molar-refractivity contribution in [3.05, 3.63) is 29.3 Å². The molecule has 0 N–H and O–H groups in total. The molecule has 0 bridgehead atoms. The molecule has 0 atom stereocenters. The van der Waals surface area contributed by atoms with Crippen molar-refractivity contribution in [2.75, 3.05) is 7.11 Å². The molecule has 0 amide bonds. The zero-order valence-electron chi connectivity index (χ0n) is 12.3. The maximum absolute atomic E-state index is 10.9. The average molecular weight is 262 g/mol. The topological polar surface area (TPSA) is 26.3 Å². The van der Waals surface area contributed by atoms with E-state index < -0.39 is 0 Å². The molecule has 1 aromatic rings. The Labute approximate surface area is 117 Å². The fourth-order valence-corrected chi connectivity index (χ4v) is 2.32. The molecule has 0 aliphatic heterocycles. The van der Waals surface area contributed by atoms with Gasteiger partial charge in [0.15, 0.2) is 6.29 Å². The summed E-state index contributed by atoms with van der Waals surface area (Å²) >= 11 is 0. The Hall–Kier alpha value is -1.31. The average Bonchev–Trinajstić information content (AvgIpc) is 2.46. The molecule has 2 heteroatoms. The first-order chi connectivity index (χ1) is 9.31. The van der Waals surface area contributed by atoms with Crippen LogP contribution in [-0.4, -0.2) is 13.4 Å². The zero-order chi connectivity index (χ0) is 13.9. The van der Waals surface area contributed by atoms with E-state index in [0.717, 1.165) is 12.7 Å². The van der Waals surface area contributed by atoms with Gasteiger partial charge in [-0.15, -0.1) is 0 Å². The van der Waals surface area contributed by atoms with Crippen LogP contribution in [0.1, 0.15) is 67.8 Å². The van der Waals surface area contributed by atoms with Gasteiger partial charge in [0.1, 0.15) is 5.75 Å². The number of carbonyl (C=O) groups excluding carboxylic acids is 1. The molecule has 2 nitrogen and oxygen atoms in total. The molecule has 1 aromatic carbocycles. The summed E-state index contributed by atoms with van der Waals surface area (Å²) in [6.07, 6.45) is 11.1. The van der Waals surface area contributed by atoms with Crippen LogP contribution in [-0.2, 0) is 6.42 Å². The lowest BCUT2D eigenvalue weighted by molar-refractivity contribution is 0.112. The van der Waals surface area contributed by atoms with Crippen molar-refractivity contribution in [2.24, 2.45) is 0 Å². The maximum atomic E-state index is 10.9. The molecule has 1 rings (SSSR count). The van der Waals surface area contributed by atoms with Crippen LogP contribution in [0, 0.1) is 0 Å². The molecular formula is C17H26O2. The maximum Gasteiger partial charge on any atom is 0.153 e. The normalized spacial score (nSPS) is 10.4. The largest absolute Gasteiger partial charge is 0.496 e. The van der Waals surface area contributed by atoms with E-state index in [1.807, 2.05) is 12.1 Å². The molecule has 0 saturated carbocycles. The van der Waals surface area contributed by atoms with Crippen molar-refractivity contribution < 1.29 is 9.53 Å². The van der Waals surface area contributed by atoms with Gasteiger partial charge in [-0.2, -0.15) is 0 Å². The third-order valence-electron chi connectivity index (χ3n) is 3.49. The number of carbonyl (C=O) groups is 1. The van der Waals surface area contributed by atoms with E-state index >= 15 is 0 Å². The third-order valence-corrected chi connectivity index (χ3v) is 3.49. The highest BCUT2D eigenvalue weighted by Crippen LogP contribution is 2.19. The predicted molar refractivity (Wildman–Crippen MR) is 80.1 cm³/mol. The molecule has 0 saturated heterocycles. The summed E-state index contributed by atoms with van der Waals surface area (Å²) in [5.41, 5.74) is 1.89. The van der Waals surface area contributed by atoms with E-state index in [9.17, 15) is 4.79 Å². The van der Waals surface area contributed by atoms with Crippen LogP contribution in [0.15, 0.2) is 18.2 Å². The van der Waals surface area contributed by atoms with Crippen molar-refractivity contribution in [1.29, 1.82) is 0 Å². The van der Waals surface area contributed by atoms with E-state index in [0.29, 0.717) is 11.3 Å². The lowest BCUT2D eigenvalue weighted by Gasteiger charge is -2.06. The summed E-state index contributed by atoms with van der Waals surface area (Å²) in [7, 11) is 1.60. The Bertz CT molecular complexity index is 372. The number of ether oxygens (including phenoxy) is 1. The lowest BCUT2D eigenvalue weighted by Crippen LogP contribution is -1.93. The first-order valence-corrected chi connectivity index (χ1v) is 7.44. The quantitative estimate of drug-likeness (QED) is 0.447. The van der Waals surface area contributed by atoms with Crippen LogP contribution in [0.5, 0.6) is 5.75 Å². The van der Waals surface area contributed by atoms with Gasteiger partial charge in [-0.25, -0.2) is 0 Å². The van der Waals surface area contributed by atoms with Crippen molar-refractivity contribution in [3.63, 3.8) is 0 Å². The van der Waals surface area contributed by atoms with Gasteiger partial charge in [0.05, 0.1) is 12.7 Å². The Morgan fingerprint density at radius 2 is 1.74 bits per heavy atom. The van der Waals surface area contributed by atoms with Crippen molar-refractivity contribution >= 4 is 6.29 Å². The highest BCUT2D eigenvalue weighted by Gasteiger charge is 2.03. The predicted octanol–water partition coefficient (Wildman–Crippen LogP) is 4.80. The van der Waals surface area contributed by atoms with Crippen molar-refractivity contribution in [1.82, 2.24) is 0 Å². The summed E-state index contributed by atoms with van der Waals surface area (Å²) in [6, 6.07) is 5.89. The minimum absolute atomic E-state index is 0.656. The highest BCUT2D eigenvalue weighted by molar-refractivity contribution is 5.79. The molecule has 0 aliphatic carbocycles. The summed E-state index contributed by atoms with van der Waals surface area (Å²) in [5, 5.41) is 0. The van der Waals surface area contributed by atoms with E-state index in [-0.39, 0.29) is 0 Å². The number of hydrogen-bond donors (Lipinski definition) is 0. The standard InChI is InChI=1S/C17H26O2/c1-3-4-5-6-7-8-9-10-15-11-12-17(19-2)16(13-15)14-18/h11-14H,3-10H2,1-2H3. The monoisotopic (exact) mass is 262 g/mol. The summed E-state index contributed by atoms with van der Waals surface area (Å²) in [6.45, 7) is 2.24. The number of aldehydes is 1. The van der Waals surface area contributed by atoms with Crippen LogP contribution in [0.4, 0.5) is 0 Å². The summed E-state index contributed by atoms with van der Waals surface area (Å²) < 4.78 is 5.14. The summed E-state index contributed by atoms with van der Waals surface area (Å²) in [5.74, 6) is 0.665. The number of rotatable bonds is 10. The van der Waals surface area contributed by atoms with Crippen LogP contribution < -0.4 is 4.74 Å². The second-order valence-electron chi connectivity index (χ2n) is 5.07. The number of aryl methyl sites for hydroxylation is 1. The number of methoxy groups -OCH3 is 1. The molecule has 0 unspecified atom stereocenters. The molecule has 0 spiro atoms. The summed E-state index contributed by atoms with van der Waals surface area (Å²) in [4.78, 5) is 10.9. The molecule has 19 heavy (non-hydrogen) atoms. The van der Waals surface area contributed by atoms with E-state index in [4.69, 9.17) is 4.74 Å². The van der Waals surface area contributed by atoms with Gasteiger partial charge in [0.2, 0.25) is 0 Å². The Morgan fingerprint density at radius 1 is 1.05 bits per heavy atom. The van der Waals surface area contributed by atoms with Gasteiger partial charge in [-0.3, -0.25) is 4.79 Å². The molecular weight excluding hydrogens is 236 g/mol. The molecule has 0 fully saturated rings. The smallest absolute Gasteiger partial charge is 0.153 e. The Morgan fingerprint density at radius 3 is 2.37 bits per heavy atom. The second-order valence-corrected chi connectivity index (χ2v) is 5.07. The van der Waals surface area contributed by atoms with Gasteiger partial charge < -0.3 is 4.74 Å². The van der Waals surface area contributed by atoms with Gasteiger partial charge >= 0.3 is 0 Å². The highest BCUT2D eigenvalue weighted by atomic mass is 16.5. The van der Waals surface area contributed by atoms with Crippen LogP contribution in [0.3, 0.4) is 0 Å². The molecule has 0 heterocycles. The Kier molecular flexibility index (Phi) is 7.95. The fourth-order valence-electron chi connectivity index (χ4n) is 2.32. The molecule has 0 radical (unpaired) electrons. The second kappa shape index (κ2) is 9.60. The van der Waals surface area contributed by atoms with Gasteiger partial charge in [0, 0.05) is 0 Å². The number of benzene rings is 1. The van der Waals surface area contributed by atoms with Crippen molar-refractivity contribution in [3.8, 4) is 5.75 Å². The van der Waals surface area contributed by atoms with Crippen LogP contribution >= 0.6 is 0 Å². The number of unbranched alkanes of at least 4 members (excludes halogenated alkanes) is 6. The van der Waals surface area contributed by atoms with E-state index in [2.05, 4.69) is 13.0 Å². The van der Waals surface area contributed by atoms with E-state index in [1.165, 1.54) is 50.5 Å². The minimum Gasteiger partial charge on any atom is -0.496 e. The van der Waals surface area contributed by atoms with Crippen LogP contribution in [0.2, 0.25) is 0 Å². The molecule has 0 aromatic heterocycles. The first-order valence-electron chi connectivity index (χ1n) is 7.44. The molecule has 106 valence electrons. The first kappa shape index (κ1) is 15.7. The fraction of sp³-hybridized carbons (Fsp3) is 0.588. The Balaban J connectivity index is 2.27. The van der Waals surface area contributed by atoms with Crippen molar-refractivity contribution in [2.45, 2.75) is 58.3 Å². The molecule has 0 aliphatic rings. The number of hydrogen-bond acceptors (Lipinski definition) is 2. The zero-order valence-corrected chi connectivity index (χ0v) is 12.3. The lowest BCUT2D eigenvalue weighted by atomic mass is 10.0. The SMILES string of the molecule is CCCCCCCCCc1ccc(OC)c(C=O)c1. The van der Waals surface area contributed by atoms with Gasteiger partial charge in [-0.1, -0.05) is 51.5 Å². The third kappa shape index (κ3) is 5.91. The van der Waals surface area contributed by atoms with Gasteiger partial charge in [0.25, 0.3) is 0 Å². The van der Waals surface area contributed by atoms with Gasteiger partial charge in [-0.05, 0) is 30.5 Å².